The third kappa shape index (κ3) is 10.6. The lowest BCUT2D eigenvalue weighted by Crippen LogP contribution is -3.10. The molecule has 0 aromatic heterocycles. The molecule has 1 fully saturated rings. The number of benzene rings is 2. The molecule has 4 N–H and O–H groups in total. The molecule has 12 heteroatoms. The van der Waals surface area contributed by atoms with Crippen LogP contribution in [0, 0.1) is 0 Å². The number of carbonyl (C=O) groups is 1. The van der Waals surface area contributed by atoms with Gasteiger partial charge in [-0.2, -0.15) is 8.42 Å². The van der Waals surface area contributed by atoms with Crippen LogP contribution < -0.4 is 9.62 Å². The maximum atomic E-state index is 13.2. The van der Waals surface area contributed by atoms with E-state index >= 15 is 0 Å². The summed E-state index contributed by atoms with van der Waals surface area (Å²) in [7, 11) is -5.33. The number of amides is 1. The van der Waals surface area contributed by atoms with Crippen molar-refractivity contribution in [3.8, 4) is 5.75 Å². The minimum absolute atomic E-state index is 0.0832. The van der Waals surface area contributed by atoms with Crippen LogP contribution in [0.5, 0.6) is 5.75 Å². The molecule has 1 heterocycles. The van der Waals surface area contributed by atoms with E-state index in [-0.39, 0.29) is 24.1 Å². The van der Waals surface area contributed by atoms with Crippen molar-refractivity contribution >= 4 is 31.7 Å². The molecule has 2 aromatic carbocycles. The molecule has 1 aliphatic rings. The van der Waals surface area contributed by atoms with Crippen molar-refractivity contribution in [2.75, 3.05) is 43.9 Å². The molecule has 1 saturated heterocycles. The smallest absolute Gasteiger partial charge is 0.261 e. The zero-order valence-electron chi connectivity index (χ0n) is 20.1. The predicted molar refractivity (Wildman–Crippen MR) is 135 cm³/mol. The van der Waals surface area contributed by atoms with E-state index in [0.29, 0.717) is 17.5 Å². The Labute approximate surface area is 207 Å². The molecular formula is C23H34N3O7S2+. The van der Waals surface area contributed by atoms with Crippen molar-refractivity contribution in [2.24, 2.45) is 0 Å². The van der Waals surface area contributed by atoms with E-state index in [0.717, 1.165) is 31.5 Å². The van der Waals surface area contributed by atoms with Crippen LogP contribution in [0.15, 0.2) is 48.5 Å². The van der Waals surface area contributed by atoms with E-state index in [2.05, 4.69) is 4.72 Å². The molecular weight excluding hydrogens is 494 g/mol. The summed E-state index contributed by atoms with van der Waals surface area (Å²) in [5.41, 5.74) is 1.94. The third-order valence-corrected chi connectivity index (χ3v) is 6.15. The number of carbonyl (C=O) groups excluding carboxylic acids is 1. The number of nitrogens with zero attached hydrogens (tertiary/aromatic N) is 1. The van der Waals surface area contributed by atoms with E-state index in [1.54, 1.807) is 54.4 Å². The second-order valence-corrected chi connectivity index (χ2v) is 11.9. The van der Waals surface area contributed by atoms with Crippen LogP contribution in [0.2, 0.25) is 0 Å². The lowest BCUT2D eigenvalue weighted by Gasteiger charge is -2.30. The Hall–Kier alpha value is -2.67. The summed E-state index contributed by atoms with van der Waals surface area (Å²) in [4.78, 5) is 16.3. The Bertz CT molecular complexity index is 1200. The van der Waals surface area contributed by atoms with Gasteiger partial charge in [-0.15, -0.1) is 0 Å². The highest BCUT2D eigenvalue weighted by molar-refractivity contribution is 7.92. The summed E-state index contributed by atoms with van der Waals surface area (Å²) >= 11 is 0. The molecule has 0 aliphatic carbocycles. The number of rotatable bonds is 8. The Kier molecular flexibility index (Phi) is 10.1. The molecule has 10 nitrogen and oxygen atoms in total. The second-order valence-electron chi connectivity index (χ2n) is 8.72. The minimum atomic E-state index is -3.67. The van der Waals surface area contributed by atoms with Crippen LogP contribution in [0.3, 0.4) is 0 Å². The fraction of sp³-hybridized carbons (Fsp3) is 0.435. The van der Waals surface area contributed by atoms with Crippen LogP contribution in [0.4, 0.5) is 5.69 Å². The highest BCUT2D eigenvalue weighted by atomic mass is 32.2. The van der Waals surface area contributed by atoms with Gasteiger partial charge in [0.05, 0.1) is 37.7 Å². The fourth-order valence-corrected chi connectivity index (χ4v) is 4.60. The van der Waals surface area contributed by atoms with Crippen LogP contribution in [-0.2, 0) is 31.4 Å². The normalized spacial score (nSPS) is 15.1. The first-order valence-electron chi connectivity index (χ1n) is 11.1. The molecule has 0 radical (unpaired) electrons. The number of quaternary nitrogens is 1. The Morgan fingerprint density at radius 2 is 1.66 bits per heavy atom. The van der Waals surface area contributed by atoms with E-state index in [4.69, 9.17) is 4.55 Å². The number of hydrogen-bond donors (Lipinski definition) is 4. The average Bonchev–Trinajstić information content (AvgIpc) is 3.24. The molecule has 1 amide bonds. The number of sulfonamides is 1. The first-order valence-corrected chi connectivity index (χ1v) is 14.8. The molecule has 3 rings (SSSR count). The van der Waals surface area contributed by atoms with Gasteiger partial charge in [-0.3, -0.25) is 14.1 Å². The summed E-state index contributed by atoms with van der Waals surface area (Å²) in [6, 6.07) is 13.8. The van der Waals surface area contributed by atoms with Gasteiger partial charge >= 0.3 is 0 Å². The van der Waals surface area contributed by atoms with Crippen molar-refractivity contribution in [3.05, 3.63) is 59.7 Å². The zero-order chi connectivity index (χ0) is 26.2. The zero-order valence-corrected chi connectivity index (χ0v) is 21.8. The van der Waals surface area contributed by atoms with E-state index in [1.165, 1.54) is 17.7 Å². The highest BCUT2D eigenvalue weighted by Gasteiger charge is 2.28. The molecule has 1 aliphatic heterocycles. The molecule has 2 aromatic rings. The van der Waals surface area contributed by atoms with Gasteiger partial charge in [-0.1, -0.05) is 30.3 Å². The summed E-state index contributed by atoms with van der Waals surface area (Å²) < 4.78 is 51.7. The number of likely N-dealkylation sites (N-methyl/N-ethyl adjacent to an activating group) is 1. The number of aromatic hydroxyl groups is 1. The first kappa shape index (κ1) is 28.6. The summed E-state index contributed by atoms with van der Waals surface area (Å²) in [5, 5.41) is 9.95. The number of para-hydroxylation sites is 1. The number of likely N-dealkylation sites (tertiary alicyclic amines) is 1. The standard InChI is InChI=1S/C22H29N3O4S.CH4O3S/c1-24(22(27)15-17-8-3-4-11-20(17)23-30(2,28)29)21(16-25-12-5-6-13-25)18-9-7-10-19(26)14-18;1-5(2,3)4/h3-4,7-11,14,21,23,26H,5-6,12-13,15-16H2,1-2H3;1H3,(H,2,3,4)/p+1. The maximum Gasteiger partial charge on any atom is 0.261 e. The van der Waals surface area contributed by atoms with Crippen LogP contribution in [0.1, 0.15) is 30.0 Å². The Morgan fingerprint density at radius 1 is 1.06 bits per heavy atom. The molecule has 1 atom stereocenters. The molecule has 0 bridgehead atoms. The van der Waals surface area contributed by atoms with Crippen molar-refractivity contribution in [3.63, 3.8) is 0 Å². The molecule has 0 saturated carbocycles. The third-order valence-electron chi connectivity index (χ3n) is 5.56. The lowest BCUT2D eigenvalue weighted by molar-refractivity contribution is -0.890. The van der Waals surface area contributed by atoms with Crippen LogP contribution >= 0.6 is 0 Å². The fourth-order valence-electron chi connectivity index (χ4n) is 4.00. The SMILES string of the molecule is CN(C(=O)Cc1ccccc1NS(C)(=O)=O)C(C[NH+]1CCCC1)c1cccc(O)c1.CS(=O)(=O)O. The number of phenolic OH excluding ortho intramolecular Hbond substituents is 1. The topological polar surface area (TPSA) is 146 Å². The minimum Gasteiger partial charge on any atom is -0.508 e. The maximum absolute atomic E-state index is 13.2. The summed E-state index contributed by atoms with van der Waals surface area (Å²) in [6.07, 6.45) is 4.26. The Balaban J connectivity index is 0.000000784. The quantitative estimate of drug-likeness (QED) is 0.369. The van der Waals surface area contributed by atoms with Crippen molar-refractivity contribution in [1.82, 2.24) is 4.90 Å². The van der Waals surface area contributed by atoms with Gasteiger partial charge in [-0.25, -0.2) is 8.42 Å². The van der Waals surface area contributed by atoms with Gasteiger partial charge in [-0.05, 0) is 29.3 Å². The van der Waals surface area contributed by atoms with Gasteiger partial charge < -0.3 is 14.9 Å². The summed E-state index contributed by atoms with van der Waals surface area (Å²) in [5.74, 6) is 0.0714. The summed E-state index contributed by atoms with van der Waals surface area (Å²) in [6.45, 7) is 2.94. The lowest BCUT2D eigenvalue weighted by atomic mass is 10.0. The first-order chi connectivity index (χ1) is 16.2. The number of anilines is 1. The average molecular weight is 529 g/mol. The second kappa shape index (κ2) is 12.3. The monoisotopic (exact) mass is 528 g/mol. The molecule has 194 valence electrons. The van der Waals surface area contributed by atoms with Gasteiger partial charge in [0, 0.05) is 19.9 Å². The molecule has 1 unspecified atom stereocenters. The van der Waals surface area contributed by atoms with Gasteiger partial charge in [0.25, 0.3) is 10.1 Å². The molecule has 0 spiro atoms. The predicted octanol–water partition coefficient (Wildman–Crippen LogP) is 0.689. The number of phenols is 1. The molecule has 35 heavy (non-hydrogen) atoms. The van der Waals surface area contributed by atoms with Crippen molar-refractivity contribution in [2.45, 2.75) is 25.3 Å². The van der Waals surface area contributed by atoms with Crippen molar-refractivity contribution in [1.29, 1.82) is 0 Å². The Morgan fingerprint density at radius 3 is 2.23 bits per heavy atom. The highest BCUT2D eigenvalue weighted by Crippen LogP contribution is 2.24. The van der Waals surface area contributed by atoms with Gasteiger partial charge in [0.15, 0.2) is 0 Å². The van der Waals surface area contributed by atoms with Crippen molar-refractivity contribution < 1.29 is 36.2 Å². The largest absolute Gasteiger partial charge is 0.508 e. The van der Waals surface area contributed by atoms with E-state index in [1.807, 2.05) is 6.07 Å². The van der Waals surface area contributed by atoms with Crippen LogP contribution in [-0.4, -0.2) is 76.5 Å². The van der Waals surface area contributed by atoms with E-state index in [9.17, 15) is 26.7 Å². The number of hydrogen-bond acceptors (Lipinski definition) is 6. The van der Waals surface area contributed by atoms with E-state index < -0.39 is 20.1 Å². The van der Waals surface area contributed by atoms with Gasteiger partial charge in [0.2, 0.25) is 15.9 Å². The van der Waals surface area contributed by atoms with Gasteiger partial charge in [0.1, 0.15) is 18.3 Å². The number of nitrogens with one attached hydrogen (secondary N) is 2. The van der Waals surface area contributed by atoms with Crippen LogP contribution in [0.25, 0.3) is 0 Å².